The molecule has 22 heavy (non-hydrogen) atoms. The highest BCUT2D eigenvalue weighted by Crippen LogP contribution is 2.41. The van der Waals surface area contributed by atoms with Crippen LogP contribution in [0.1, 0.15) is 37.4 Å². The number of nitrogens with one attached hydrogen (secondary N) is 1. The standard InChI is InChI=1S/C17H21N3O2/c1-12(20-11-3-10-18-20)17(21)19-16(13-4-5-13)14-6-8-15(22-2)9-7-14/h3,6-13,16H,4-5H2,1-2H3,(H,19,21). The van der Waals surface area contributed by atoms with E-state index in [0.29, 0.717) is 5.92 Å². The molecule has 3 rings (SSSR count). The van der Waals surface area contributed by atoms with E-state index in [-0.39, 0.29) is 18.0 Å². The first kappa shape index (κ1) is 14.6. The molecular formula is C17H21N3O2. The smallest absolute Gasteiger partial charge is 0.245 e. The molecule has 1 heterocycles. The number of methoxy groups -OCH3 is 1. The largest absolute Gasteiger partial charge is 0.497 e. The summed E-state index contributed by atoms with van der Waals surface area (Å²) in [5, 5.41) is 7.32. The lowest BCUT2D eigenvalue weighted by atomic mass is 10.0. The summed E-state index contributed by atoms with van der Waals surface area (Å²) in [7, 11) is 1.65. The highest BCUT2D eigenvalue weighted by molar-refractivity contribution is 5.80. The van der Waals surface area contributed by atoms with Gasteiger partial charge >= 0.3 is 0 Å². The van der Waals surface area contributed by atoms with Gasteiger partial charge in [0.05, 0.1) is 13.2 Å². The highest BCUT2D eigenvalue weighted by atomic mass is 16.5. The molecule has 5 nitrogen and oxygen atoms in total. The van der Waals surface area contributed by atoms with Crippen LogP contribution in [0.3, 0.4) is 0 Å². The van der Waals surface area contributed by atoms with Gasteiger partial charge in [-0.15, -0.1) is 0 Å². The van der Waals surface area contributed by atoms with E-state index in [1.54, 1.807) is 18.0 Å². The monoisotopic (exact) mass is 299 g/mol. The first-order valence-electron chi connectivity index (χ1n) is 7.62. The fourth-order valence-electron chi connectivity index (χ4n) is 2.62. The summed E-state index contributed by atoms with van der Waals surface area (Å²) < 4.78 is 6.87. The van der Waals surface area contributed by atoms with E-state index in [4.69, 9.17) is 4.74 Å². The van der Waals surface area contributed by atoms with E-state index in [1.807, 2.05) is 43.5 Å². The van der Waals surface area contributed by atoms with Crippen molar-refractivity contribution >= 4 is 5.91 Å². The Morgan fingerprint density at radius 1 is 1.36 bits per heavy atom. The minimum absolute atomic E-state index is 0.00332. The van der Waals surface area contributed by atoms with Crippen molar-refractivity contribution < 1.29 is 9.53 Å². The molecule has 1 fully saturated rings. The van der Waals surface area contributed by atoms with Crippen molar-refractivity contribution in [2.75, 3.05) is 7.11 Å². The van der Waals surface area contributed by atoms with E-state index in [0.717, 1.165) is 24.2 Å². The Kier molecular flexibility index (Phi) is 4.13. The fourth-order valence-corrected chi connectivity index (χ4v) is 2.62. The first-order valence-corrected chi connectivity index (χ1v) is 7.62. The zero-order valence-corrected chi connectivity index (χ0v) is 12.9. The van der Waals surface area contributed by atoms with Crippen LogP contribution in [0.25, 0.3) is 0 Å². The molecule has 0 aliphatic heterocycles. The summed E-state index contributed by atoms with van der Waals surface area (Å²) in [6.45, 7) is 1.86. The second-order valence-electron chi connectivity index (χ2n) is 5.76. The molecule has 1 aliphatic rings. The highest BCUT2D eigenvalue weighted by Gasteiger charge is 2.34. The zero-order chi connectivity index (χ0) is 15.5. The Bertz CT molecular complexity index is 618. The topological polar surface area (TPSA) is 56.1 Å². The molecule has 1 aromatic heterocycles. The van der Waals surface area contributed by atoms with Gasteiger partial charge in [0, 0.05) is 12.4 Å². The third-order valence-electron chi connectivity index (χ3n) is 4.17. The number of hydrogen-bond donors (Lipinski definition) is 1. The van der Waals surface area contributed by atoms with E-state index in [2.05, 4.69) is 10.4 Å². The van der Waals surface area contributed by atoms with Crippen molar-refractivity contribution in [3.63, 3.8) is 0 Å². The average Bonchev–Trinajstić information content (AvgIpc) is 3.25. The number of amides is 1. The van der Waals surface area contributed by atoms with Crippen molar-refractivity contribution in [2.24, 2.45) is 5.92 Å². The fraction of sp³-hybridized carbons (Fsp3) is 0.412. The van der Waals surface area contributed by atoms with Crippen molar-refractivity contribution in [3.05, 3.63) is 48.3 Å². The van der Waals surface area contributed by atoms with Crippen LogP contribution in [0.4, 0.5) is 0 Å². The summed E-state index contributed by atoms with van der Waals surface area (Å²) in [4.78, 5) is 12.5. The molecule has 0 radical (unpaired) electrons. The molecule has 1 aromatic carbocycles. The minimum Gasteiger partial charge on any atom is -0.497 e. The van der Waals surface area contributed by atoms with Crippen LogP contribution >= 0.6 is 0 Å². The van der Waals surface area contributed by atoms with Gasteiger partial charge in [-0.3, -0.25) is 9.48 Å². The van der Waals surface area contributed by atoms with E-state index >= 15 is 0 Å². The number of benzene rings is 1. The Morgan fingerprint density at radius 2 is 2.09 bits per heavy atom. The predicted molar refractivity (Wildman–Crippen MR) is 83.5 cm³/mol. The number of carbonyl (C=O) groups excluding carboxylic acids is 1. The molecule has 2 atom stereocenters. The Hall–Kier alpha value is -2.30. The lowest BCUT2D eigenvalue weighted by Gasteiger charge is -2.21. The van der Waals surface area contributed by atoms with Gasteiger partial charge in [-0.05, 0) is 49.4 Å². The van der Waals surface area contributed by atoms with Crippen molar-refractivity contribution in [2.45, 2.75) is 31.8 Å². The van der Waals surface area contributed by atoms with Crippen molar-refractivity contribution in [1.29, 1.82) is 0 Å². The first-order chi connectivity index (χ1) is 10.7. The maximum Gasteiger partial charge on any atom is 0.245 e. The number of carbonyl (C=O) groups is 1. The Balaban J connectivity index is 1.72. The third kappa shape index (κ3) is 3.13. The number of hydrogen-bond acceptors (Lipinski definition) is 3. The van der Waals surface area contributed by atoms with Crippen LogP contribution in [0, 0.1) is 5.92 Å². The van der Waals surface area contributed by atoms with Gasteiger partial charge in [-0.2, -0.15) is 5.10 Å². The summed E-state index contributed by atoms with van der Waals surface area (Å²) in [6, 6.07) is 9.51. The molecule has 1 saturated carbocycles. The maximum absolute atomic E-state index is 12.5. The number of nitrogens with zero attached hydrogens (tertiary/aromatic N) is 2. The molecule has 0 spiro atoms. The summed E-state index contributed by atoms with van der Waals surface area (Å²) in [5.41, 5.74) is 1.13. The maximum atomic E-state index is 12.5. The van der Waals surface area contributed by atoms with Crippen LogP contribution in [0.5, 0.6) is 5.75 Å². The third-order valence-corrected chi connectivity index (χ3v) is 4.17. The van der Waals surface area contributed by atoms with Crippen LogP contribution in [-0.4, -0.2) is 22.8 Å². The van der Waals surface area contributed by atoms with Gasteiger partial charge in [-0.25, -0.2) is 0 Å². The molecule has 2 unspecified atom stereocenters. The Morgan fingerprint density at radius 3 is 2.64 bits per heavy atom. The van der Waals surface area contributed by atoms with Crippen LogP contribution in [0.2, 0.25) is 0 Å². The molecule has 0 bridgehead atoms. The quantitative estimate of drug-likeness (QED) is 0.892. The molecule has 2 aromatic rings. The molecule has 1 aliphatic carbocycles. The number of aromatic nitrogens is 2. The lowest BCUT2D eigenvalue weighted by molar-refractivity contribution is -0.125. The molecule has 0 saturated heterocycles. The average molecular weight is 299 g/mol. The lowest BCUT2D eigenvalue weighted by Crippen LogP contribution is -2.35. The van der Waals surface area contributed by atoms with Crippen LogP contribution in [-0.2, 0) is 4.79 Å². The van der Waals surface area contributed by atoms with E-state index < -0.39 is 0 Å². The molecule has 116 valence electrons. The second kappa shape index (κ2) is 6.22. The van der Waals surface area contributed by atoms with Crippen LogP contribution in [0.15, 0.2) is 42.7 Å². The van der Waals surface area contributed by atoms with Crippen molar-refractivity contribution in [3.8, 4) is 5.75 Å². The minimum atomic E-state index is -0.311. The van der Waals surface area contributed by atoms with Gasteiger partial charge in [0.1, 0.15) is 11.8 Å². The summed E-state index contributed by atoms with van der Waals surface area (Å²) >= 11 is 0. The predicted octanol–water partition coefficient (Wildman–Crippen LogP) is 2.72. The van der Waals surface area contributed by atoms with Gasteiger partial charge in [0.15, 0.2) is 0 Å². The number of ether oxygens (including phenoxy) is 1. The van der Waals surface area contributed by atoms with E-state index in [9.17, 15) is 4.79 Å². The molecule has 5 heteroatoms. The zero-order valence-electron chi connectivity index (χ0n) is 12.9. The molecular weight excluding hydrogens is 278 g/mol. The van der Waals surface area contributed by atoms with Gasteiger partial charge in [0.2, 0.25) is 5.91 Å². The van der Waals surface area contributed by atoms with Gasteiger partial charge in [-0.1, -0.05) is 12.1 Å². The van der Waals surface area contributed by atoms with Crippen LogP contribution < -0.4 is 10.1 Å². The van der Waals surface area contributed by atoms with E-state index in [1.165, 1.54) is 0 Å². The second-order valence-corrected chi connectivity index (χ2v) is 5.76. The summed E-state index contributed by atoms with van der Waals surface area (Å²) in [5.74, 6) is 1.35. The normalized spacial score (nSPS) is 16.8. The Labute approximate surface area is 130 Å². The SMILES string of the molecule is COc1ccc(C(NC(=O)C(C)n2cccn2)C2CC2)cc1. The van der Waals surface area contributed by atoms with Gasteiger partial charge in [0.25, 0.3) is 0 Å². The van der Waals surface area contributed by atoms with Crippen molar-refractivity contribution in [1.82, 2.24) is 15.1 Å². The summed E-state index contributed by atoms with van der Waals surface area (Å²) in [6.07, 6.45) is 5.82. The number of rotatable bonds is 6. The molecule has 1 N–H and O–H groups in total. The molecule has 1 amide bonds. The van der Waals surface area contributed by atoms with Gasteiger partial charge < -0.3 is 10.1 Å².